The number of piperidine rings is 1. The first-order chi connectivity index (χ1) is 11.4. The number of hydrogen-bond donors (Lipinski definition) is 1. The molecule has 1 aromatic heterocycles. The minimum Gasteiger partial charge on any atom is -0.347 e. The average Bonchev–Trinajstić information content (AvgIpc) is 2.94. The molecule has 0 unspecified atom stereocenters. The largest absolute Gasteiger partial charge is 0.347 e. The van der Waals surface area contributed by atoms with Crippen LogP contribution in [0.3, 0.4) is 0 Å². The van der Waals surface area contributed by atoms with Crippen molar-refractivity contribution in [1.29, 1.82) is 0 Å². The van der Waals surface area contributed by atoms with Crippen molar-refractivity contribution in [2.45, 2.75) is 25.8 Å². The van der Waals surface area contributed by atoms with Crippen LogP contribution < -0.4 is 5.32 Å². The molecule has 1 N–H and O–H groups in total. The number of amides is 2. The number of carbonyl (C=O) groups excluding carboxylic acids is 2. The van der Waals surface area contributed by atoms with Crippen LogP contribution in [0.2, 0.25) is 0 Å². The third-order valence-corrected chi connectivity index (χ3v) is 5.31. The van der Waals surface area contributed by atoms with Crippen LogP contribution in [-0.4, -0.2) is 36.3 Å². The molecule has 126 valence electrons. The van der Waals surface area contributed by atoms with Gasteiger partial charge in [-0.25, -0.2) is 4.39 Å². The van der Waals surface area contributed by atoms with Gasteiger partial charge in [0.25, 0.3) is 5.91 Å². The SMILES string of the molecule is Cc1sc(C(=O)N[C@H]2CCC(=O)N(C)C2)cc1-c1ccc(F)cc1. The summed E-state index contributed by atoms with van der Waals surface area (Å²) in [5.74, 6) is -0.282. The van der Waals surface area contributed by atoms with Gasteiger partial charge in [-0.15, -0.1) is 11.3 Å². The smallest absolute Gasteiger partial charge is 0.261 e. The third-order valence-electron chi connectivity index (χ3n) is 4.26. The Bertz CT molecular complexity index is 770. The van der Waals surface area contributed by atoms with Crippen LogP contribution in [0.25, 0.3) is 11.1 Å². The molecule has 1 atom stereocenters. The summed E-state index contributed by atoms with van der Waals surface area (Å²) in [4.78, 5) is 27.3. The zero-order valence-electron chi connectivity index (χ0n) is 13.6. The van der Waals surface area contributed by atoms with E-state index in [1.165, 1.54) is 23.5 Å². The molecule has 3 rings (SSSR count). The van der Waals surface area contributed by atoms with Gasteiger partial charge in [0.2, 0.25) is 5.91 Å². The van der Waals surface area contributed by atoms with Gasteiger partial charge in [0.15, 0.2) is 0 Å². The molecule has 2 heterocycles. The molecular formula is C18H19FN2O2S. The van der Waals surface area contributed by atoms with Crippen LogP contribution in [0.5, 0.6) is 0 Å². The minimum absolute atomic E-state index is 0.0168. The van der Waals surface area contributed by atoms with Crippen molar-refractivity contribution in [3.63, 3.8) is 0 Å². The number of nitrogens with zero attached hydrogens (tertiary/aromatic N) is 1. The highest BCUT2D eigenvalue weighted by Gasteiger charge is 2.25. The number of aryl methyl sites for hydroxylation is 1. The molecular weight excluding hydrogens is 327 g/mol. The fourth-order valence-electron chi connectivity index (χ4n) is 2.90. The first-order valence-electron chi connectivity index (χ1n) is 7.85. The number of nitrogens with one attached hydrogen (secondary N) is 1. The summed E-state index contributed by atoms with van der Waals surface area (Å²) >= 11 is 1.43. The molecule has 1 saturated heterocycles. The van der Waals surface area contributed by atoms with Crippen LogP contribution in [0.1, 0.15) is 27.4 Å². The van der Waals surface area contributed by atoms with Gasteiger partial charge in [0.1, 0.15) is 5.82 Å². The van der Waals surface area contributed by atoms with E-state index in [2.05, 4.69) is 5.32 Å². The molecule has 1 aliphatic rings. The summed E-state index contributed by atoms with van der Waals surface area (Å²) in [7, 11) is 1.75. The lowest BCUT2D eigenvalue weighted by atomic mass is 10.0. The summed E-state index contributed by atoms with van der Waals surface area (Å²) in [6.07, 6.45) is 1.13. The molecule has 1 fully saturated rings. The van der Waals surface area contributed by atoms with E-state index < -0.39 is 0 Å². The Kier molecular flexibility index (Phi) is 4.66. The first kappa shape index (κ1) is 16.6. The molecule has 1 aliphatic heterocycles. The minimum atomic E-state index is -0.277. The van der Waals surface area contributed by atoms with Crippen molar-refractivity contribution < 1.29 is 14.0 Å². The van der Waals surface area contributed by atoms with Crippen molar-refractivity contribution >= 4 is 23.2 Å². The molecule has 0 spiro atoms. The Morgan fingerprint density at radius 2 is 2.04 bits per heavy atom. The van der Waals surface area contributed by atoms with E-state index in [0.717, 1.165) is 16.0 Å². The number of thiophene rings is 1. The molecule has 6 heteroatoms. The van der Waals surface area contributed by atoms with Gasteiger partial charge in [-0.05, 0) is 42.7 Å². The highest BCUT2D eigenvalue weighted by Crippen LogP contribution is 2.31. The summed E-state index contributed by atoms with van der Waals surface area (Å²) in [6.45, 7) is 2.49. The van der Waals surface area contributed by atoms with Gasteiger partial charge >= 0.3 is 0 Å². The molecule has 4 nitrogen and oxygen atoms in total. The number of likely N-dealkylation sites (N-methyl/N-ethyl adjacent to an activating group) is 1. The van der Waals surface area contributed by atoms with Crippen LogP contribution >= 0.6 is 11.3 Å². The maximum absolute atomic E-state index is 13.1. The van der Waals surface area contributed by atoms with Crippen molar-refractivity contribution in [2.24, 2.45) is 0 Å². The second-order valence-electron chi connectivity index (χ2n) is 6.07. The second kappa shape index (κ2) is 6.73. The number of halogens is 1. The molecule has 2 amide bonds. The van der Waals surface area contributed by atoms with Gasteiger partial charge in [-0.1, -0.05) is 12.1 Å². The average molecular weight is 346 g/mol. The van der Waals surface area contributed by atoms with E-state index in [1.807, 2.05) is 13.0 Å². The van der Waals surface area contributed by atoms with Crippen molar-refractivity contribution in [1.82, 2.24) is 10.2 Å². The zero-order chi connectivity index (χ0) is 17.3. The monoisotopic (exact) mass is 346 g/mol. The third kappa shape index (κ3) is 3.48. The summed E-state index contributed by atoms with van der Waals surface area (Å²) < 4.78 is 13.1. The Morgan fingerprint density at radius 3 is 2.71 bits per heavy atom. The normalized spacial score (nSPS) is 17.9. The molecule has 0 radical (unpaired) electrons. The van der Waals surface area contributed by atoms with E-state index >= 15 is 0 Å². The molecule has 1 aromatic carbocycles. The van der Waals surface area contributed by atoms with Gasteiger partial charge in [0.05, 0.1) is 4.88 Å². The summed E-state index contributed by atoms with van der Waals surface area (Å²) in [6, 6.07) is 8.10. The van der Waals surface area contributed by atoms with Gasteiger partial charge in [-0.3, -0.25) is 9.59 Å². The predicted molar refractivity (Wildman–Crippen MR) is 92.6 cm³/mol. The zero-order valence-corrected chi connectivity index (χ0v) is 14.5. The van der Waals surface area contributed by atoms with Gasteiger partial charge < -0.3 is 10.2 Å². The van der Waals surface area contributed by atoms with Crippen LogP contribution in [0.15, 0.2) is 30.3 Å². The van der Waals surface area contributed by atoms with Crippen molar-refractivity contribution in [2.75, 3.05) is 13.6 Å². The molecule has 0 saturated carbocycles. The lowest BCUT2D eigenvalue weighted by Crippen LogP contribution is -2.48. The summed E-state index contributed by atoms with van der Waals surface area (Å²) in [5, 5.41) is 3.00. The van der Waals surface area contributed by atoms with E-state index in [4.69, 9.17) is 0 Å². The number of benzene rings is 1. The molecule has 24 heavy (non-hydrogen) atoms. The van der Waals surface area contributed by atoms with Gasteiger partial charge in [-0.2, -0.15) is 0 Å². The molecule has 0 aliphatic carbocycles. The quantitative estimate of drug-likeness (QED) is 0.928. The highest BCUT2D eigenvalue weighted by molar-refractivity contribution is 7.14. The van der Waals surface area contributed by atoms with Crippen molar-refractivity contribution in [3.8, 4) is 11.1 Å². The maximum Gasteiger partial charge on any atom is 0.261 e. The molecule has 2 aromatic rings. The topological polar surface area (TPSA) is 49.4 Å². The van der Waals surface area contributed by atoms with E-state index in [0.29, 0.717) is 24.3 Å². The highest BCUT2D eigenvalue weighted by atomic mass is 32.1. The lowest BCUT2D eigenvalue weighted by Gasteiger charge is -2.29. The van der Waals surface area contributed by atoms with Crippen LogP contribution in [0, 0.1) is 12.7 Å². The van der Waals surface area contributed by atoms with E-state index in [1.54, 1.807) is 24.1 Å². The van der Waals surface area contributed by atoms with Gasteiger partial charge in [0, 0.05) is 30.9 Å². The number of carbonyl (C=O) groups is 2. The Labute approximate surface area is 144 Å². The second-order valence-corrected chi connectivity index (χ2v) is 7.33. The van der Waals surface area contributed by atoms with E-state index in [-0.39, 0.29) is 23.7 Å². The summed E-state index contributed by atoms with van der Waals surface area (Å²) in [5.41, 5.74) is 1.84. The fraction of sp³-hybridized carbons (Fsp3) is 0.333. The van der Waals surface area contributed by atoms with Crippen molar-refractivity contribution in [3.05, 3.63) is 45.9 Å². The lowest BCUT2D eigenvalue weighted by molar-refractivity contribution is -0.132. The van der Waals surface area contributed by atoms with Crippen LogP contribution in [0.4, 0.5) is 4.39 Å². The van der Waals surface area contributed by atoms with E-state index in [9.17, 15) is 14.0 Å². The number of rotatable bonds is 3. The number of likely N-dealkylation sites (tertiary alicyclic amines) is 1. The molecule has 0 bridgehead atoms. The standard InChI is InChI=1S/C18H19FN2O2S/c1-11-15(12-3-5-13(19)6-4-12)9-16(24-11)18(23)20-14-7-8-17(22)21(2)10-14/h3-6,9,14H,7-8,10H2,1-2H3,(H,20,23)/t14-/m0/s1. The van der Waals surface area contributed by atoms with Crippen LogP contribution in [-0.2, 0) is 4.79 Å². The maximum atomic E-state index is 13.1. The Hall–Kier alpha value is -2.21. The Balaban J connectivity index is 1.73. The number of hydrogen-bond acceptors (Lipinski definition) is 3. The fourth-order valence-corrected chi connectivity index (χ4v) is 3.84. The Morgan fingerprint density at radius 1 is 1.33 bits per heavy atom. The predicted octanol–water partition coefficient (Wildman–Crippen LogP) is 3.21. The first-order valence-corrected chi connectivity index (χ1v) is 8.67.